The Morgan fingerprint density at radius 2 is 1.62 bits per heavy atom. The number of nitrogens with one attached hydrogen (secondary N) is 1. The third kappa shape index (κ3) is 3.81. The molecule has 138 valence electrons. The molecule has 3 aromatic heterocycles. The van der Waals surface area contributed by atoms with Crippen molar-refractivity contribution in [1.82, 2.24) is 9.97 Å². The Bertz CT molecular complexity index is 974. The first-order valence-corrected chi connectivity index (χ1v) is 11.9. The van der Waals surface area contributed by atoms with Crippen LogP contribution in [0.25, 0.3) is 9.78 Å². The Morgan fingerprint density at radius 1 is 1.00 bits per heavy atom. The summed E-state index contributed by atoms with van der Waals surface area (Å²) in [5.41, 5.74) is 7.56. The summed E-state index contributed by atoms with van der Waals surface area (Å²) >= 11 is 0.119. The van der Waals surface area contributed by atoms with Gasteiger partial charge < -0.3 is 0 Å². The summed E-state index contributed by atoms with van der Waals surface area (Å²) in [5.74, 6) is 0.439. The first-order chi connectivity index (χ1) is 12.0. The van der Waals surface area contributed by atoms with E-state index in [1.165, 1.54) is 8.87 Å². The van der Waals surface area contributed by atoms with Gasteiger partial charge in [-0.05, 0) is 0 Å². The molecule has 3 heterocycles. The second-order valence-electron chi connectivity index (χ2n) is 8.39. The standard InChI is InChI=1S/C19H24N4OSe2/c1-18(2,3)12-7-10-15(26-12)17(22-9-21-10)23-11-8-13(19(4,5)6)25-14(11)16(20)24/h7-9H,1-6H3,(H2,20,24)(H,21,22,23). The quantitative estimate of drug-likeness (QED) is 0.563. The number of nitrogens with two attached hydrogens (primary N) is 1. The van der Waals surface area contributed by atoms with Gasteiger partial charge in [0.05, 0.1) is 0 Å². The van der Waals surface area contributed by atoms with Crippen LogP contribution in [0.5, 0.6) is 0 Å². The van der Waals surface area contributed by atoms with E-state index in [0.29, 0.717) is 4.44 Å². The summed E-state index contributed by atoms with van der Waals surface area (Å²) in [6.07, 6.45) is 1.58. The van der Waals surface area contributed by atoms with Crippen LogP contribution in [0.1, 0.15) is 59.6 Å². The minimum absolute atomic E-state index is 0.0165. The number of hydrogen-bond donors (Lipinski definition) is 2. The topological polar surface area (TPSA) is 80.9 Å². The Kier molecular flexibility index (Phi) is 4.95. The number of aromatic nitrogens is 2. The van der Waals surface area contributed by atoms with E-state index in [4.69, 9.17) is 5.73 Å². The molecule has 26 heavy (non-hydrogen) atoms. The van der Waals surface area contributed by atoms with Gasteiger partial charge in [-0.1, -0.05) is 0 Å². The molecule has 0 spiro atoms. The molecular weight excluding hydrogens is 458 g/mol. The van der Waals surface area contributed by atoms with Gasteiger partial charge in [0.2, 0.25) is 0 Å². The van der Waals surface area contributed by atoms with Gasteiger partial charge in [0.25, 0.3) is 0 Å². The fourth-order valence-corrected chi connectivity index (χ4v) is 6.96. The van der Waals surface area contributed by atoms with Crippen LogP contribution in [0.4, 0.5) is 11.5 Å². The van der Waals surface area contributed by atoms with Crippen LogP contribution in [0.15, 0.2) is 18.5 Å². The van der Waals surface area contributed by atoms with E-state index in [1.54, 1.807) is 6.33 Å². The molecule has 0 saturated carbocycles. The fourth-order valence-electron chi connectivity index (χ4n) is 2.48. The second-order valence-corrected chi connectivity index (χ2v) is 12.8. The molecule has 0 unspecified atom stereocenters. The Morgan fingerprint density at radius 3 is 2.19 bits per heavy atom. The number of fused-ring (bicyclic) bond motifs is 1. The molecule has 0 aliphatic rings. The van der Waals surface area contributed by atoms with Gasteiger partial charge in [-0.3, -0.25) is 0 Å². The first-order valence-electron chi connectivity index (χ1n) is 8.43. The van der Waals surface area contributed by atoms with Crippen LogP contribution < -0.4 is 11.1 Å². The molecule has 7 heteroatoms. The van der Waals surface area contributed by atoms with E-state index in [9.17, 15) is 4.79 Å². The zero-order valence-corrected chi connectivity index (χ0v) is 19.4. The molecular formula is C19H24N4OSe2. The van der Waals surface area contributed by atoms with Gasteiger partial charge in [-0.2, -0.15) is 0 Å². The van der Waals surface area contributed by atoms with Gasteiger partial charge in [0.1, 0.15) is 0 Å². The molecule has 0 radical (unpaired) electrons. The van der Waals surface area contributed by atoms with Gasteiger partial charge in [0, 0.05) is 0 Å². The number of amides is 1. The van der Waals surface area contributed by atoms with E-state index in [0.717, 1.165) is 21.3 Å². The predicted octanol–water partition coefficient (Wildman–Crippen LogP) is 3.18. The molecule has 0 aliphatic carbocycles. The summed E-state index contributed by atoms with van der Waals surface area (Å²) in [4.78, 5) is 20.9. The number of carbonyl (C=O) groups is 1. The van der Waals surface area contributed by atoms with Crippen molar-refractivity contribution in [3.05, 3.63) is 31.8 Å². The van der Waals surface area contributed by atoms with Crippen molar-refractivity contribution in [3.8, 4) is 0 Å². The average molecular weight is 482 g/mol. The van der Waals surface area contributed by atoms with Crippen molar-refractivity contribution in [3.63, 3.8) is 0 Å². The number of primary amides is 1. The Balaban J connectivity index is 2.08. The zero-order chi connectivity index (χ0) is 19.3. The van der Waals surface area contributed by atoms with Gasteiger partial charge in [0.15, 0.2) is 0 Å². The van der Waals surface area contributed by atoms with Gasteiger partial charge in [-0.15, -0.1) is 0 Å². The SMILES string of the molecule is CC(C)(C)c1cc(Nc2ncnc3cc(C(C)(C)C)[se]c23)c(C(N)=O)[se]1. The van der Waals surface area contributed by atoms with Crippen LogP contribution in [-0.4, -0.2) is 44.9 Å². The van der Waals surface area contributed by atoms with Gasteiger partial charge in [-0.25, -0.2) is 0 Å². The monoisotopic (exact) mass is 484 g/mol. The van der Waals surface area contributed by atoms with Crippen molar-refractivity contribution < 1.29 is 4.79 Å². The summed E-state index contributed by atoms with van der Waals surface area (Å²) in [7, 11) is 0. The normalized spacial score (nSPS) is 12.5. The third-order valence-electron chi connectivity index (χ3n) is 4.00. The maximum absolute atomic E-state index is 12.0. The molecule has 1 amide bonds. The minimum atomic E-state index is -0.354. The number of carbonyl (C=O) groups excluding carboxylic acids is 1. The van der Waals surface area contributed by atoms with Crippen molar-refractivity contribution in [1.29, 1.82) is 0 Å². The summed E-state index contributed by atoms with van der Waals surface area (Å²) < 4.78 is 4.48. The van der Waals surface area contributed by atoms with Crippen LogP contribution in [0.2, 0.25) is 0 Å². The molecule has 0 aliphatic heterocycles. The number of anilines is 2. The van der Waals surface area contributed by atoms with E-state index in [2.05, 4.69) is 69.0 Å². The molecule has 0 fully saturated rings. The van der Waals surface area contributed by atoms with E-state index in [1.807, 2.05) is 0 Å². The summed E-state index contributed by atoms with van der Waals surface area (Å²) in [5, 5.41) is 3.40. The predicted molar refractivity (Wildman–Crippen MR) is 109 cm³/mol. The van der Waals surface area contributed by atoms with Crippen LogP contribution in [0, 0.1) is 0 Å². The molecule has 3 aromatic rings. The first kappa shape index (κ1) is 19.4. The maximum atomic E-state index is 12.0. The molecule has 0 atom stereocenters. The molecule has 0 aromatic carbocycles. The third-order valence-corrected chi connectivity index (χ3v) is 10.6. The van der Waals surface area contributed by atoms with E-state index >= 15 is 0 Å². The van der Waals surface area contributed by atoms with E-state index in [-0.39, 0.29) is 45.7 Å². The van der Waals surface area contributed by atoms with Crippen molar-refractivity contribution >= 4 is 56.2 Å². The van der Waals surface area contributed by atoms with Crippen molar-refractivity contribution in [2.75, 3.05) is 5.32 Å². The van der Waals surface area contributed by atoms with Crippen LogP contribution in [0.3, 0.4) is 0 Å². The van der Waals surface area contributed by atoms with Crippen LogP contribution in [-0.2, 0) is 10.8 Å². The fraction of sp³-hybridized carbons (Fsp3) is 0.421. The molecule has 3 N–H and O–H groups in total. The van der Waals surface area contributed by atoms with Crippen molar-refractivity contribution in [2.24, 2.45) is 5.73 Å². The molecule has 3 rings (SSSR count). The Labute approximate surface area is 165 Å². The molecule has 0 bridgehead atoms. The summed E-state index contributed by atoms with van der Waals surface area (Å²) in [6, 6.07) is 4.26. The van der Waals surface area contributed by atoms with Crippen LogP contribution >= 0.6 is 0 Å². The molecule has 0 saturated heterocycles. The zero-order valence-electron chi connectivity index (χ0n) is 15.9. The average Bonchev–Trinajstić information content (AvgIpc) is 3.10. The second kappa shape index (κ2) is 6.65. The van der Waals surface area contributed by atoms with E-state index < -0.39 is 0 Å². The van der Waals surface area contributed by atoms with Gasteiger partial charge >= 0.3 is 166 Å². The number of nitrogens with zero attached hydrogens (tertiary/aromatic N) is 2. The number of hydrogen-bond acceptors (Lipinski definition) is 4. The van der Waals surface area contributed by atoms with Crippen molar-refractivity contribution in [2.45, 2.75) is 52.4 Å². The molecule has 5 nitrogen and oxygen atoms in total. The Hall–Kier alpha value is -1.39. The number of rotatable bonds is 3. The summed E-state index contributed by atoms with van der Waals surface area (Å²) in [6.45, 7) is 13.1.